The molecule has 0 bridgehead atoms. The lowest BCUT2D eigenvalue weighted by molar-refractivity contribution is -0.127. The number of methoxy groups -OCH3 is 1. The Kier molecular flexibility index (Phi) is 5.00. The van der Waals surface area contributed by atoms with Gasteiger partial charge in [-0.05, 0) is 36.6 Å². The van der Waals surface area contributed by atoms with Crippen LogP contribution >= 0.6 is 0 Å². The standard InChI is InChI=1S/C20H23N3O4/c1-25-16-12-14(13-17-19(16)27-11-10-26-17)2-3-18(24)23-8-4-15(5-9-23)20-21-6-7-22-20/h2-3,6-7,12-13,15H,4-5,8-11H2,1H3,(H,21,22). The second-order valence-electron chi connectivity index (χ2n) is 6.65. The lowest BCUT2D eigenvalue weighted by Crippen LogP contribution is -2.37. The molecule has 1 aromatic carbocycles. The quantitative estimate of drug-likeness (QED) is 0.839. The molecule has 7 heteroatoms. The van der Waals surface area contributed by atoms with Crippen molar-refractivity contribution in [3.63, 3.8) is 0 Å². The van der Waals surface area contributed by atoms with Crippen LogP contribution in [-0.4, -0.2) is 54.2 Å². The number of nitrogens with one attached hydrogen (secondary N) is 1. The first-order valence-electron chi connectivity index (χ1n) is 9.18. The fourth-order valence-corrected chi connectivity index (χ4v) is 3.54. The molecule has 27 heavy (non-hydrogen) atoms. The molecule has 1 saturated heterocycles. The van der Waals surface area contributed by atoms with E-state index in [1.165, 1.54) is 0 Å². The number of rotatable bonds is 4. The Bertz CT molecular complexity index is 807. The number of carbonyl (C=O) groups excluding carboxylic acids is 1. The summed E-state index contributed by atoms with van der Waals surface area (Å²) >= 11 is 0. The van der Waals surface area contributed by atoms with Crippen molar-refractivity contribution in [2.75, 3.05) is 33.4 Å². The number of ether oxygens (including phenoxy) is 3. The molecule has 0 aliphatic carbocycles. The lowest BCUT2D eigenvalue weighted by Gasteiger charge is -2.30. The van der Waals surface area contributed by atoms with Crippen LogP contribution in [0.2, 0.25) is 0 Å². The van der Waals surface area contributed by atoms with E-state index < -0.39 is 0 Å². The second kappa shape index (κ2) is 7.73. The lowest BCUT2D eigenvalue weighted by atomic mass is 9.96. The van der Waals surface area contributed by atoms with Gasteiger partial charge < -0.3 is 24.1 Å². The van der Waals surface area contributed by atoms with Crippen molar-refractivity contribution in [3.8, 4) is 17.2 Å². The molecule has 0 unspecified atom stereocenters. The molecule has 1 amide bonds. The van der Waals surface area contributed by atoms with E-state index in [1.54, 1.807) is 25.5 Å². The number of piperidine rings is 1. The van der Waals surface area contributed by atoms with Crippen LogP contribution in [0.1, 0.15) is 30.1 Å². The summed E-state index contributed by atoms with van der Waals surface area (Å²) in [7, 11) is 1.59. The smallest absolute Gasteiger partial charge is 0.246 e. The normalized spacial score (nSPS) is 17.3. The molecule has 1 N–H and O–H groups in total. The van der Waals surface area contributed by atoms with Gasteiger partial charge in [0.2, 0.25) is 11.7 Å². The third-order valence-corrected chi connectivity index (χ3v) is 4.98. The molecule has 2 aliphatic heterocycles. The Labute approximate surface area is 157 Å². The molecule has 7 nitrogen and oxygen atoms in total. The topological polar surface area (TPSA) is 76.7 Å². The minimum absolute atomic E-state index is 0.0155. The Morgan fingerprint density at radius 2 is 2.11 bits per heavy atom. The molecule has 1 aromatic heterocycles. The molecule has 0 saturated carbocycles. The SMILES string of the molecule is COc1cc(C=CC(=O)N2CCC(c3ncc[nH]3)CC2)cc2c1OCCO2. The highest BCUT2D eigenvalue weighted by atomic mass is 16.6. The largest absolute Gasteiger partial charge is 0.493 e. The summed E-state index contributed by atoms with van der Waals surface area (Å²) in [5.74, 6) is 3.30. The number of aromatic amines is 1. The minimum atomic E-state index is 0.0155. The Balaban J connectivity index is 1.40. The van der Waals surface area contributed by atoms with Crippen LogP contribution in [-0.2, 0) is 4.79 Å². The van der Waals surface area contributed by atoms with Crippen LogP contribution in [0.25, 0.3) is 6.08 Å². The van der Waals surface area contributed by atoms with Gasteiger partial charge >= 0.3 is 0 Å². The number of hydrogen-bond donors (Lipinski definition) is 1. The third kappa shape index (κ3) is 3.77. The van der Waals surface area contributed by atoms with Crippen molar-refractivity contribution >= 4 is 12.0 Å². The molecule has 1 fully saturated rings. The first kappa shape index (κ1) is 17.5. The first-order valence-corrected chi connectivity index (χ1v) is 9.18. The zero-order valence-corrected chi connectivity index (χ0v) is 15.3. The first-order chi connectivity index (χ1) is 13.2. The van der Waals surface area contributed by atoms with Gasteiger partial charge in [-0.1, -0.05) is 0 Å². The van der Waals surface area contributed by atoms with Gasteiger partial charge in [0.25, 0.3) is 0 Å². The summed E-state index contributed by atoms with van der Waals surface area (Å²) in [6, 6.07) is 3.71. The van der Waals surface area contributed by atoms with Crippen molar-refractivity contribution in [1.29, 1.82) is 0 Å². The maximum absolute atomic E-state index is 12.5. The predicted octanol–water partition coefficient (Wildman–Crippen LogP) is 2.61. The summed E-state index contributed by atoms with van der Waals surface area (Å²) in [6.45, 7) is 2.48. The van der Waals surface area contributed by atoms with E-state index in [0.717, 1.165) is 37.3 Å². The number of carbonyl (C=O) groups is 1. The molecular formula is C20H23N3O4. The molecule has 2 aliphatic rings. The average Bonchev–Trinajstić information content (AvgIpc) is 3.26. The highest BCUT2D eigenvalue weighted by molar-refractivity contribution is 5.92. The van der Waals surface area contributed by atoms with Crippen LogP contribution in [0.4, 0.5) is 0 Å². The van der Waals surface area contributed by atoms with Gasteiger partial charge in [-0.2, -0.15) is 0 Å². The van der Waals surface area contributed by atoms with Crippen LogP contribution in [0, 0.1) is 0 Å². The number of H-pyrrole nitrogens is 1. The molecule has 142 valence electrons. The van der Waals surface area contributed by atoms with E-state index in [4.69, 9.17) is 14.2 Å². The van der Waals surface area contributed by atoms with Gasteiger partial charge in [-0.3, -0.25) is 4.79 Å². The van der Waals surface area contributed by atoms with Crippen molar-refractivity contribution in [2.45, 2.75) is 18.8 Å². The zero-order chi connectivity index (χ0) is 18.6. The van der Waals surface area contributed by atoms with E-state index in [9.17, 15) is 4.79 Å². The summed E-state index contributed by atoms with van der Waals surface area (Å²) in [6.07, 6.45) is 8.87. The third-order valence-electron chi connectivity index (χ3n) is 4.98. The molecule has 0 radical (unpaired) electrons. The summed E-state index contributed by atoms with van der Waals surface area (Å²) in [4.78, 5) is 21.9. The monoisotopic (exact) mass is 369 g/mol. The molecule has 3 heterocycles. The summed E-state index contributed by atoms with van der Waals surface area (Å²) in [5.41, 5.74) is 0.843. The van der Waals surface area contributed by atoms with Gasteiger partial charge in [0.05, 0.1) is 7.11 Å². The van der Waals surface area contributed by atoms with Crippen LogP contribution in [0.3, 0.4) is 0 Å². The predicted molar refractivity (Wildman–Crippen MR) is 100 cm³/mol. The van der Waals surface area contributed by atoms with Gasteiger partial charge in [-0.15, -0.1) is 0 Å². The second-order valence-corrected chi connectivity index (χ2v) is 6.65. The minimum Gasteiger partial charge on any atom is -0.493 e. The number of aromatic nitrogens is 2. The van der Waals surface area contributed by atoms with E-state index in [-0.39, 0.29) is 5.91 Å². The number of hydrogen-bond acceptors (Lipinski definition) is 5. The Morgan fingerprint density at radius 3 is 2.85 bits per heavy atom. The van der Waals surface area contributed by atoms with Crippen LogP contribution in [0.15, 0.2) is 30.6 Å². The molecule has 2 aromatic rings. The van der Waals surface area contributed by atoms with E-state index >= 15 is 0 Å². The maximum Gasteiger partial charge on any atom is 0.246 e. The number of likely N-dealkylation sites (tertiary alicyclic amines) is 1. The summed E-state index contributed by atoms with van der Waals surface area (Å²) in [5, 5.41) is 0. The van der Waals surface area contributed by atoms with Crippen molar-refractivity contribution in [3.05, 3.63) is 42.0 Å². The van der Waals surface area contributed by atoms with Crippen LogP contribution in [0.5, 0.6) is 17.2 Å². The van der Waals surface area contributed by atoms with Crippen LogP contribution < -0.4 is 14.2 Å². The molecule has 4 rings (SSSR count). The van der Waals surface area contributed by atoms with E-state index in [1.807, 2.05) is 23.2 Å². The fourth-order valence-electron chi connectivity index (χ4n) is 3.54. The highest BCUT2D eigenvalue weighted by Gasteiger charge is 2.24. The van der Waals surface area contributed by atoms with Gasteiger partial charge in [0.15, 0.2) is 11.5 Å². The zero-order valence-electron chi connectivity index (χ0n) is 15.3. The maximum atomic E-state index is 12.5. The average molecular weight is 369 g/mol. The van der Waals surface area contributed by atoms with Gasteiger partial charge in [0, 0.05) is 37.5 Å². The van der Waals surface area contributed by atoms with Crippen molar-refractivity contribution < 1.29 is 19.0 Å². The van der Waals surface area contributed by atoms with Gasteiger partial charge in [0.1, 0.15) is 19.0 Å². The highest BCUT2D eigenvalue weighted by Crippen LogP contribution is 2.40. The number of amides is 1. The fraction of sp³-hybridized carbons (Fsp3) is 0.400. The summed E-state index contributed by atoms with van der Waals surface area (Å²) < 4.78 is 16.6. The molecular weight excluding hydrogens is 346 g/mol. The number of imidazole rings is 1. The van der Waals surface area contributed by atoms with Gasteiger partial charge in [-0.25, -0.2) is 4.98 Å². The molecule has 0 spiro atoms. The number of nitrogens with zero attached hydrogens (tertiary/aromatic N) is 2. The number of fused-ring (bicyclic) bond motifs is 1. The Morgan fingerprint density at radius 1 is 1.30 bits per heavy atom. The van der Waals surface area contributed by atoms with E-state index in [0.29, 0.717) is 36.4 Å². The van der Waals surface area contributed by atoms with E-state index in [2.05, 4.69) is 9.97 Å². The Hall–Kier alpha value is -2.96. The number of benzene rings is 1. The van der Waals surface area contributed by atoms with Crippen molar-refractivity contribution in [1.82, 2.24) is 14.9 Å². The molecule has 0 atom stereocenters. The van der Waals surface area contributed by atoms with Crippen molar-refractivity contribution in [2.24, 2.45) is 0 Å².